The first-order valence-corrected chi connectivity index (χ1v) is 6.32. The Balaban J connectivity index is 2.10. The second kappa shape index (κ2) is 5.77. The quantitative estimate of drug-likeness (QED) is 0.693. The van der Waals surface area contributed by atoms with Crippen LogP contribution in [0.3, 0.4) is 0 Å². The van der Waals surface area contributed by atoms with E-state index in [2.05, 4.69) is 29.9 Å². The largest absolute Gasteiger partial charge is 0.446 e. The summed E-state index contributed by atoms with van der Waals surface area (Å²) in [4.78, 5) is 11.9. The lowest BCUT2D eigenvalue weighted by Crippen LogP contribution is -2.16. The Labute approximate surface area is 122 Å². The number of anilines is 1. The molecule has 3 N–H and O–H groups in total. The van der Waals surface area contributed by atoms with Gasteiger partial charge in [0.05, 0.1) is 5.69 Å². The molecule has 3 aromatic rings. The Morgan fingerprint density at radius 3 is 2.95 bits per heavy atom. The van der Waals surface area contributed by atoms with Gasteiger partial charge in [0, 0.05) is 13.1 Å². The van der Waals surface area contributed by atoms with Gasteiger partial charge in [-0.15, -0.1) is 0 Å². The third kappa shape index (κ3) is 2.46. The fourth-order valence-corrected chi connectivity index (χ4v) is 1.88. The van der Waals surface area contributed by atoms with Gasteiger partial charge in [-0.25, -0.2) is 18.4 Å². The van der Waals surface area contributed by atoms with E-state index in [0.29, 0.717) is 13.1 Å². The highest BCUT2D eigenvalue weighted by Gasteiger charge is 2.22. The number of hydrogen-bond acceptors (Lipinski definition) is 8. The van der Waals surface area contributed by atoms with E-state index < -0.39 is 11.6 Å². The minimum absolute atomic E-state index is 0.0383. The average molecular weight is 306 g/mol. The first-order chi connectivity index (χ1) is 10.7. The van der Waals surface area contributed by atoms with E-state index in [1.165, 1.54) is 24.3 Å². The van der Waals surface area contributed by atoms with Crippen LogP contribution in [-0.4, -0.2) is 33.1 Å². The third-order valence-corrected chi connectivity index (χ3v) is 2.81. The molecule has 0 bridgehead atoms. The van der Waals surface area contributed by atoms with Crippen molar-refractivity contribution in [3.8, 4) is 17.2 Å². The maximum Gasteiger partial charge on any atom is 0.446 e. The Kier molecular flexibility index (Phi) is 3.66. The maximum atomic E-state index is 13.4. The highest BCUT2D eigenvalue weighted by molar-refractivity contribution is 5.66. The Morgan fingerprint density at radius 2 is 2.18 bits per heavy atom. The molecule has 0 saturated heterocycles. The molecule has 0 spiro atoms. The molecule has 22 heavy (non-hydrogen) atoms. The predicted octanol–water partition coefficient (Wildman–Crippen LogP) is 0.385. The van der Waals surface area contributed by atoms with Crippen molar-refractivity contribution < 1.29 is 13.5 Å². The van der Waals surface area contributed by atoms with Crippen molar-refractivity contribution in [1.29, 1.82) is 0 Å². The number of halogens is 1. The van der Waals surface area contributed by atoms with Crippen LogP contribution in [0.2, 0.25) is 0 Å². The molecule has 0 atom stereocenters. The molecule has 0 amide bonds. The summed E-state index contributed by atoms with van der Waals surface area (Å²) in [6.07, 6.45) is 0. The van der Waals surface area contributed by atoms with E-state index in [0.717, 1.165) is 4.57 Å². The Bertz CT molecular complexity index is 839. The summed E-state index contributed by atoms with van der Waals surface area (Å²) < 4.78 is 23.7. The van der Waals surface area contributed by atoms with E-state index in [-0.39, 0.29) is 23.0 Å². The van der Waals surface area contributed by atoms with E-state index in [1.54, 1.807) is 0 Å². The molecule has 0 saturated carbocycles. The fourth-order valence-electron chi connectivity index (χ4n) is 1.88. The number of hydrogen-bond donors (Lipinski definition) is 2. The van der Waals surface area contributed by atoms with Crippen LogP contribution in [0.1, 0.15) is 0 Å². The maximum absolute atomic E-state index is 13.4. The van der Waals surface area contributed by atoms with Gasteiger partial charge in [-0.05, 0) is 28.5 Å². The Morgan fingerprint density at radius 1 is 1.32 bits per heavy atom. The lowest BCUT2D eigenvalue weighted by Gasteiger charge is -2.04. The van der Waals surface area contributed by atoms with Crippen molar-refractivity contribution in [2.24, 2.45) is 5.73 Å². The van der Waals surface area contributed by atoms with Crippen molar-refractivity contribution in [3.05, 3.63) is 40.6 Å². The van der Waals surface area contributed by atoms with Gasteiger partial charge < -0.3 is 11.1 Å². The minimum atomic E-state index is -0.784. The van der Waals surface area contributed by atoms with Crippen LogP contribution in [-0.2, 0) is 0 Å². The van der Waals surface area contributed by atoms with Crippen LogP contribution in [0.25, 0.3) is 17.2 Å². The molecule has 0 aliphatic heterocycles. The molecule has 2 aromatic heterocycles. The van der Waals surface area contributed by atoms with Gasteiger partial charge >= 0.3 is 5.76 Å². The summed E-state index contributed by atoms with van der Waals surface area (Å²) in [5.74, 6) is -0.995. The van der Waals surface area contributed by atoms with Crippen molar-refractivity contribution in [2.45, 2.75) is 0 Å². The number of nitrogens with zero attached hydrogens (tertiary/aromatic N) is 4. The van der Waals surface area contributed by atoms with E-state index in [1.807, 2.05) is 0 Å². The highest BCUT2D eigenvalue weighted by atomic mass is 19.1. The second-order valence-corrected chi connectivity index (χ2v) is 4.26. The average Bonchev–Trinajstić information content (AvgIpc) is 3.11. The molecule has 0 unspecified atom stereocenters. The van der Waals surface area contributed by atoms with Gasteiger partial charge in [-0.2, -0.15) is 0 Å². The van der Waals surface area contributed by atoms with E-state index in [4.69, 9.17) is 5.73 Å². The normalized spacial score (nSPS) is 10.8. The van der Waals surface area contributed by atoms with Crippen LogP contribution < -0.4 is 16.8 Å². The van der Waals surface area contributed by atoms with Crippen molar-refractivity contribution in [3.63, 3.8) is 0 Å². The van der Waals surface area contributed by atoms with Crippen molar-refractivity contribution >= 4 is 5.82 Å². The number of rotatable bonds is 5. The summed E-state index contributed by atoms with van der Waals surface area (Å²) in [7, 11) is 0. The minimum Gasteiger partial charge on any atom is -0.364 e. The molecule has 10 heteroatoms. The molecular weight excluding hydrogens is 295 g/mol. The van der Waals surface area contributed by atoms with Crippen LogP contribution in [0, 0.1) is 5.82 Å². The van der Waals surface area contributed by atoms with Gasteiger partial charge in [0.2, 0.25) is 11.6 Å². The number of aromatic nitrogens is 4. The predicted molar refractivity (Wildman–Crippen MR) is 72.9 cm³/mol. The first-order valence-electron chi connectivity index (χ1n) is 6.32. The highest BCUT2D eigenvalue weighted by Crippen LogP contribution is 2.23. The Hall–Kier alpha value is -3.01. The summed E-state index contributed by atoms with van der Waals surface area (Å²) in [6, 6.07) is 5.42. The summed E-state index contributed by atoms with van der Waals surface area (Å²) >= 11 is 0. The standard InChI is InChI=1S/C12H11FN6O3/c13-7-2-1-3-8(6-7)19-11(18-21-12(19)20)9-10(15-5-4-14)17-22-16-9/h1-3,6H,4-5,14H2,(H,15,17). The topological polar surface area (TPSA) is 125 Å². The second-order valence-electron chi connectivity index (χ2n) is 4.26. The van der Waals surface area contributed by atoms with E-state index >= 15 is 0 Å². The van der Waals surface area contributed by atoms with E-state index in [9.17, 15) is 9.18 Å². The number of nitrogens with two attached hydrogens (primary N) is 1. The van der Waals surface area contributed by atoms with Gasteiger partial charge in [-0.1, -0.05) is 11.2 Å². The summed E-state index contributed by atoms with van der Waals surface area (Å²) in [5.41, 5.74) is 5.80. The molecule has 2 heterocycles. The molecule has 1 aromatic carbocycles. The summed E-state index contributed by atoms with van der Waals surface area (Å²) in [5, 5.41) is 13.9. The zero-order chi connectivity index (χ0) is 15.5. The van der Waals surface area contributed by atoms with Crippen LogP contribution in [0.15, 0.2) is 38.2 Å². The molecule has 3 rings (SSSR count). The van der Waals surface area contributed by atoms with Gasteiger partial charge in [0.1, 0.15) is 5.82 Å². The molecule has 0 aliphatic carbocycles. The van der Waals surface area contributed by atoms with Crippen LogP contribution in [0.5, 0.6) is 0 Å². The molecule has 114 valence electrons. The monoisotopic (exact) mass is 306 g/mol. The first kappa shape index (κ1) is 13.9. The van der Waals surface area contributed by atoms with Gasteiger partial charge in [0.15, 0.2) is 5.69 Å². The van der Waals surface area contributed by atoms with Crippen LogP contribution >= 0.6 is 0 Å². The molecule has 9 nitrogen and oxygen atoms in total. The molecular formula is C12H11FN6O3. The van der Waals surface area contributed by atoms with Crippen molar-refractivity contribution in [1.82, 2.24) is 20.0 Å². The van der Waals surface area contributed by atoms with Crippen molar-refractivity contribution in [2.75, 3.05) is 18.4 Å². The van der Waals surface area contributed by atoms with Gasteiger partial charge in [-0.3, -0.25) is 4.52 Å². The van der Waals surface area contributed by atoms with Crippen LogP contribution in [0.4, 0.5) is 10.2 Å². The zero-order valence-corrected chi connectivity index (χ0v) is 11.2. The smallest absolute Gasteiger partial charge is 0.364 e. The van der Waals surface area contributed by atoms with Gasteiger partial charge in [0.25, 0.3) is 0 Å². The number of nitrogens with one attached hydrogen (secondary N) is 1. The molecule has 0 aliphatic rings. The number of benzene rings is 1. The lowest BCUT2D eigenvalue weighted by molar-refractivity contribution is 0.309. The SMILES string of the molecule is NCCNc1nonc1-c1noc(=O)n1-c1cccc(F)c1. The summed E-state index contributed by atoms with van der Waals surface area (Å²) in [6.45, 7) is 0.783. The zero-order valence-electron chi connectivity index (χ0n) is 11.2. The molecule has 0 radical (unpaired) electrons. The lowest BCUT2D eigenvalue weighted by atomic mass is 10.3. The molecule has 0 fully saturated rings. The fraction of sp³-hybridized carbons (Fsp3) is 0.167. The third-order valence-electron chi connectivity index (χ3n) is 2.81.